The van der Waals surface area contributed by atoms with E-state index in [9.17, 15) is 9.18 Å². The lowest BCUT2D eigenvalue weighted by molar-refractivity contribution is -0.143. The van der Waals surface area contributed by atoms with E-state index in [1.807, 2.05) is 30.3 Å². The maximum Gasteiger partial charge on any atom is 0.338 e. The molecule has 0 aliphatic rings. The van der Waals surface area contributed by atoms with Crippen LogP contribution < -0.4 is 0 Å². The summed E-state index contributed by atoms with van der Waals surface area (Å²) in [5.74, 6) is -1.43. The molecular formula is C11H13FO3. The second-order valence-corrected chi connectivity index (χ2v) is 3.13. The van der Waals surface area contributed by atoms with Crippen molar-refractivity contribution < 1.29 is 19.0 Å². The normalized spacial score (nSPS) is 12.3. The molecular weight excluding hydrogens is 199 g/mol. The van der Waals surface area contributed by atoms with Crippen LogP contribution in [0.2, 0.25) is 0 Å². The maximum absolute atomic E-state index is 12.6. The van der Waals surface area contributed by atoms with Crippen LogP contribution in [-0.4, -0.2) is 23.9 Å². The lowest BCUT2D eigenvalue weighted by Crippen LogP contribution is -2.16. The van der Waals surface area contributed by atoms with Crippen LogP contribution in [0.3, 0.4) is 0 Å². The van der Waals surface area contributed by atoms with Gasteiger partial charge >= 0.3 is 5.97 Å². The van der Waals surface area contributed by atoms with E-state index in [4.69, 9.17) is 9.84 Å². The molecule has 0 heterocycles. The van der Waals surface area contributed by atoms with E-state index in [2.05, 4.69) is 0 Å². The zero-order valence-electron chi connectivity index (χ0n) is 8.23. The molecule has 1 N–H and O–H groups in total. The van der Waals surface area contributed by atoms with Crippen molar-refractivity contribution in [3.05, 3.63) is 35.9 Å². The fraction of sp³-hybridized carbons (Fsp3) is 0.364. The van der Waals surface area contributed by atoms with Crippen LogP contribution in [0.15, 0.2) is 30.3 Å². The molecule has 0 saturated heterocycles. The molecule has 1 aromatic rings. The Morgan fingerprint density at radius 3 is 2.67 bits per heavy atom. The summed E-state index contributed by atoms with van der Waals surface area (Å²) in [6.45, 7) is 0.496. The fourth-order valence-electron chi connectivity index (χ4n) is 1.07. The van der Waals surface area contributed by atoms with E-state index in [1.54, 1.807) is 0 Å². The number of carbonyl (C=O) groups is 1. The third-order valence-electron chi connectivity index (χ3n) is 1.90. The minimum atomic E-state index is -1.83. The number of benzene rings is 1. The molecule has 0 fully saturated rings. The molecule has 15 heavy (non-hydrogen) atoms. The molecule has 0 aromatic heterocycles. The highest BCUT2D eigenvalue weighted by atomic mass is 19.1. The van der Waals surface area contributed by atoms with Crippen LogP contribution in [0.25, 0.3) is 0 Å². The van der Waals surface area contributed by atoms with Gasteiger partial charge in [0.05, 0.1) is 13.2 Å². The first kappa shape index (κ1) is 11.7. The Balaban J connectivity index is 2.15. The third kappa shape index (κ3) is 4.56. The monoisotopic (exact) mass is 212 g/mol. The summed E-state index contributed by atoms with van der Waals surface area (Å²) in [7, 11) is 0. The van der Waals surface area contributed by atoms with E-state index in [-0.39, 0.29) is 13.0 Å². The van der Waals surface area contributed by atoms with E-state index in [0.717, 1.165) is 5.56 Å². The molecule has 3 nitrogen and oxygen atoms in total. The number of hydrogen-bond donors (Lipinski definition) is 1. The van der Waals surface area contributed by atoms with Crippen molar-refractivity contribution in [2.45, 2.75) is 19.2 Å². The largest absolute Gasteiger partial charge is 0.479 e. The van der Waals surface area contributed by atoms with Crippen molar-refractivity contribution in [1.29, 1.82) is 0 Å². The molecule has 0 amide bonds. The minimum Gasteiger partial charge on any atom is -0.479 e. The van der Waals surface area contributed by atoms with Crippen molar-refractivity contribution in [1.82, 2.24) is 0 Å². The molecule has 4 heteroatoms. The van der Waals surface area contributed by atoms with Crippen molar-refractivity contribution in [2.75, 3.05) is 6.61 Å². The number of alkyl halides is 1. The molecule has 0 spiro atoms. The zero-order valence-corrected chi connectivity index (χ0v) is 8.23. The summed E-state index contributed by atoms with van der Waals surface area (Å²) < 4.78 is 17.7. The first-order valence-electron chi connectivity index (χ1n) is 4.68. The molecule has 0 bridgehead atoms. The summed E-state index contributed by atoms with van der Waals surface area (Å²) >= 11 is 0. The van der Waals surface area contributed by atoms with Gasteiger partial charge < -0.3 is 9.84 Å². The predicted molar refractivity (Wildman–Crippen MR) is 53.2 cm³/mol. The van der Waals surface area contributed by atoms with Gasteiger partial charge in [-0.05, 0) is 5.56 Å². The maximum atomic E-state index is 12.6. The first-order valence-corrected chi connectivity index (χ1v) is 4.68. The van der Waals surface area contributed by atoms with Gasteiger partial charge in [-0.15, -0.1) is 0 Å². The summed E-state index contributed by atoms with van der Waals surface area (Å²) in [4.78, 5) is 10.1. The Kier molecular flexibility index (Phi) is 4.77. The van der Waals surface area contributed by atoms with Gasteiger partial charge in [-0.3, -0.25) is 0 Å². The van der Waals surface area contributed by atoms with E-state index in [1.165, 1.54) is 0 Å². The van der Waals surface area contributed by atoms with Gasteiger partial charge in [-0.25, -0.2) is 9.18 Å². The Bertz CT molecular complexity index is 300. The van der Waals surface area contributed by atoms with Crippen LogP contribution in [0, 0.1) is 0 Å². The van der Waals surface area contributed by atoms with Crippen LogP contribution >= 0.6 is 0 Å². The molecule has 0 radical (unpaired) electrons. The van der Waals surface area contributed by atoms with Crippen LogP contribution in [0.5, 0.6) is 0 Å². The number of hydrogen-bond acceptors (Lipinski definition) is 2. The smallest absolute Gasteiger partial charge is 0.338 e. The highest BCUT2D eigenvalue weighted by molar-refractivity contribution is 5.71. The number of aliphatic carboxylic acids is 1. The van der Waals surface area contributed by atoms with Crippen molar-refractivity contribution in [2.24, 2.45) is 0 Å². The van der Waals surface area contributed by atoms with E-state index >= 15 is 0 Å². The summed E-state index contributed by atoms with van der Waals surface area (Å²) in [6, 6.07) is 9.45. The number of ether oxygens (including phenoxy) is 1. The van der Waals surface area contributed by atoms with Crippen LogP contribution in [-0.2, 0) is 16.1 Å². The van der Waals surface area contributed by atoms with Crippen molar-refractivity contribution >= 4 is 5.97 Å². The third-order valence-corrected chi connectivity index (χ3v) is 1.90. The summed E-state index contributed by atoms with van der Waals surface area (Å²) in [5, 5.41) is 8.27. The average Bonchev–Trinajstić information content (AvgIpc) is 2.25. The van der Waals surface area contributed by atoms with Gasteiger partial charge in [-0.1, -0.05) is 30.3 Å². The number of carboxylic acids is 1. The number of carboxylic acid groups (broad SMARTS) is 1. The lowest BCUT2D eigenvalue weighted by atomic mass is 10.2. The number of halogens is 1. The lowest BCUT2D eigenvalue weighted by Gasteiger charge is -2.05. The predicted octanol–water partition coefficient (Wildman–Crippen LogP) is 2.02. The summed E-state index contributed by atoms with van der Waals surface area (Å²) in [6.07, 6.45) is -1.94. The van der Waals surface area contributed by atoms with Gasteiger partial charge in [0.25, 0.3) is 0 Å². The quantitative estimate of drug-likeness (QED) is 0.734. The Labute approximate surface area is 87.5 Å². The van der Waals surface area contributed by atoms with Gasteiger partial charge in [0.15, 0.2) is 6.17 Å². The van der Waals surface area contributed by atoms with Crippen LogP contribution in [0.4, 0.5) is 4.39 Å². The first-order chi connectivity index (χ1) is 7.20. The Hall–Kier alpha value is -1.42. The highest BCUT2D eigenvalue weighted by Gasteiger charge is 2.14. The van der Waals surface area contributed by atoms with E-state index in [0.29, 0.717) is 6.61 Å². The van der Waals surface area contributed by atoms with Gasteiger partial charge in [0.2, 0.25) is 0 Å². The Morgan fingerprint density at radius 2 is 2.07 bits per heavy atom. The molecule has 0 unspecified atom stereocenters. The van der Waals surface area contributed by atoms with Gasteiger partial charge in [-0.2, -0.15) is 0 Å². The second-order valence-electron chi connectivity index (χ2n) is 3.13. The molecule has 1 rings (SSSR count). The molecule has 0 saturated carbocycles. The Morgan fingerprint density at radius 1 is 1.40 bits per heavy atom. The zero-order chi connectivity index (χ0) is 11.1. The standard InChI is InChI=1S/C11H13FO3/c12-10(11(13)14)6-7-15-8-9-4-2-1-3-5-9/h1-5,10H,6-8H2,(H,13,14)/t10-/m0/s1. The van der Waals surface area contributed by atoms with Gasteiger partial charge in [0.1, 0.15) is 0 Å². The molecule has 0 aliphatic carbocycles. The van der Waals surface area contributed by atoms with Crippen molar-refractivity contribution in [3.63, 3.8) is 0 Å². The molecule has 1 atom stereocenters. The molecule has 82 valence electrons. The second kappa shape index (κ2) is 6.14. The van der Waals surface area contributed by atoms with Crippen LogP contribution in [0.1, 0.15) is 12.0 Å². The summed E-state index contributed by atoms with van der Waals surface area (Å²) in [5.41, 5.74) is 0.989. The minimum absolute atomic E-state index is 0.109. The van der Waals surface area contributed by atoms with Gasteiger partial charge in [0, 0.05) is 6.42 Å². The number of rotatable bonds is 6. The molecule has 1 aromatic carbocycles. The highest BCUT2D eigenvalue weighted by Crippen LogP contribution is 2.03. The van der Waals surface area contributed by atoms with E-state index < -0.39 is 12.1 Å². The SMILES string of the molecule is O=C(O)[C@@H](F)CCOCc1ccccc1. The topological polar surface area (TPSA) is 46.5 Å². The molecule has 0 aliphatic heterocycles. The average molecular weight is 212 g/mol. The fourth-order valence-corrected chi connectivity index (χ4v) is 1.07. The van der Waals surface area contributed by atoms with Crippen molar-refractivity contribution in [3.8, 4) is 0 Å².